The van der Waals surface area contributed by atoms with Crippen LogP contribution in [0, 0.1) is 0 Å². The van der Waals surface area contributed by atoms with E-state index in [1.165, 1.54) is 6.92 Å². The first kappa shape index (κ1) is 23.9. The fourth-order valence-electron chi connectivity index (χ4n) is 3.52. The van der Waals surface area contributed by atoms with Crippen molar-refractivity contribution >= 4 is 38.9 Å². The number of hydrogen-bond donors (Lipinski definition) is 2. The maximum atomic E-state index is 12.0. The third-order valence-electron chi connectivity index (χ3n) is 5.57. The summed E-state index contributed by atoms with van der Waals surface area (Å²) in [5, 5.41) is 6.49. The van der Waals surface area contributed by atoms with Crippen molar-refractivity contribution < 1.29 is 13.2 Å². The fourth-order valence-corrected chi connectivity index (χ4v) is 4.61. The number of hydrogen-bond acceptors (Lipinski definition) is 8. The van der Waals surface area contributed by atoms with Gasteiger partial charge in [-0.1, -0.05) is 7.43 Å². The van der Waals surface area contributed by atoms with Crippen LogP contribution in [0.4, 0.5) is 23.1 Å². The van der Waals surface area contributed by atoms with Crippen LogP contribution in [0.3, 0.4) is 0 Å². The molecular weight excluding hydrogens is 428 g/mol. The van der Waals surface area contributed by atoms with Gasteiger partial charge in [-0.05, 0) is 51.0 Å². The number of benzene rings is 1. The summed E-state index contributed by atoms with van der Waals surface area (Å²) in [6, 6.07) is 8.27. The summed E-state index contributed by atoms with van der Waals surface area (Å²) in [5.74, 6) is 1.08. The van der Waals surface area contributed by atoms with Crippen molar-refractivity contribution in [1.82, 2.24) is 14.3 Å². The number of sulfonamides is 1. The van der Waals surface area contributed by atoms with Gasteiger partial charge in [0, 0.05) is 49.8 Å². The summed E-state index contributed by atoms with van der Waals surface area (Å²) < 4.78 is 25.6. The molecular formula is C22H32N6O3S. The Bertz CT molecular complexity index is 1050. The minimum Gasteiger partial charge on any atom is -0.369 e. The number of nitrogens with zero attached hydrogens (tertiary/aromatic N) is 4. The maximum Gasteiger partial charge on any atom is 0.229 e. The zero-order valence-corrected chi connectivity index (χ0v) is 18.7. The van der Waals surface area contributed by atoms with E-state index in [1.807, 2.05) is 24.3 Å². The summed E-state index contributed by atoms with van der Waals surface area (Å²) in [5.41, 5.74) is 2.38. The van der Waals surface area contributed by atoms with Crippen LogP contribution in [0.25, 0.3) is 0 Å². The molecule has 1 saturated carbocycles. The van der Waals surface area contributed by atoms with Gasteiger partial charge in [-0.2, -0.15) is 9.29 Å². The number of nitrogens with one attached hydrogen (secondary N) is 2. The van der Waals surface area contributed by atoms with E-state index in [0.717, 1.165) is 24.2 Å². The lowest BCUT2D eigenvalue weighted by Crippen LogP contribution is -2.49. The van der Waals surface area contributed by atoms with Crippen LogP contribution in [0.5, 0.6) is 0 Å². The molecule has 0 spiro atoms. The van der Waals surface area contributed by atoms with Gasteiger partial charge in [0.25, 0.3) is 0 Å². The van der Waals surface area contributed by atoms with Crippen LogP contribution < -0.4 is 15.5 Å². The van der Waals surface area contributed by atoms with Crippen molar-refractivity contribution in [3.8, 4) is 0 Å². The Balaban J connectivity index is 0.00000289. The molecule has 0 unspecified atom stereocenters. The van der Waals surface area contributed by atoms with Crippen LogP contribution >= 0.6 is 0 Å². The molecule has 1 saturated heterocycles. The van der Waals surface area contributed by atoms with E-state index in [0.29, 0.717) is 49.6 Å². The smallest absolute Gasteiger partial charge is 0.229 e. The quantitative estimate of drug-likeness (QED) is 0.579. The van der Waals surface area contributed by atoms with Gasteiger partial charge in [-0.3, -0.25) is 4.79 Å². The van der Waals surface area contributed by atoms with E-state index < -0.39 is 10.0 Å². The molecule has 0 atom stereocenters. The Labute approximate surface area is 190 Å². The molecule has 1 aromatic heterocycles. The van der Waals surface area contributed by atoms with E-state index in [9.17, 15) is 13.2 Å². The Kier molecular flexibility index (Phi) is 7.35. The first-order valence-corrected chi connectivity index (χ1v) is 12.2. The van der Waals surface area contributed by atoms with Crippen LogP contribution in [0.1, 0.15) is 44.5 Å². The van der Waals surface area contributed by atoms with E-state index in [1.54, 1.807) is 17.4 Å². The van der Waals surface area contributed by atoms with Crippen LogP contribution in [0.15, 0.2) is 30.5 Å². The van der Waals surface area contributed by atoms with Gasteiger partial charge in [0.15, 0.2) is 5.78 Å². The zero-order valence-electron chi connectivity index (χ0n) is 17.8. The van der Waals surface area contributed by atoms with Gasteiger partial charge in [-0.25, -0.2) is 13.4 Å². The second-order valence-electron chi connectivity index (χ2n) is 7.89. The highest BCUT2D eigenvalue weighted by molar-refractivity contribution is 7.89. The topological polar surface area (TPSA) is 108 Å². The van der Waals surface area contributed by atoms with Gasteiger partial charge in [0.05, 0.1) is 11.3 Å². The third kappa shape index (κ3) is 5.55. The highest BCUT2D eigenvalue weighted by Gasteiger charge is 2.26. The molecule has 4 rings (SSSR count). The Hall–Kier alpha value is -2.72. The normalized spacial score (nSPS) is 16.9. The maximum absolute atomic E-state index is 12.0. The minimum atomic E-state index is -3.13. The van der Waals surface area contributed by atoms with Crippen LogP contribution in [-0.4, -0.2) is 66.4 Å². The van der Waals surface area contributed by atoms with Crippen molar-refractivity contribution in [3.63, 3.8) is 0 Å². The molecule has 32 heavy (non-hydrogen) atoms. The molecule has 2 N–H and O–H groups in total. The highest BCUT2D eigenvalue weighted by atomic mass is 32.2. The molecule has 0 amide bonds. The van der Waals surface area contributed by atoms with Gasteiger partial charge in [-0.15, -0.1) is 0 Å². The molecule has 1 aliphatic heterocycles. The molecule has 2 heterocycles. The highest BCUT2D eigenvalue weighted by Crippen LogP contribution is 2.27. The number of anilines is 4. The number of aromatic nitrogens is 2. The van der Waals surface area contributed by atoms with Crippen LogP contribution in [-0.2, 0) is 10.0 Å². The average molecular weight is 461 g/mol. The van der Waals surface area contributed by atoms with Crippen molar-refractivity contribution in [1.29, 1.82) is 0 Å². The number of carbonyl (C=O) groups excluding carboxylic acids is 1. The van der Waals surface area contributed by atoms with Crippen molar-refractivity contribution in [2.24, 2.45) is 0 Å². The third-order valence-corrected chi connectivity index (χ3v) is 7.45. The first-order valence-electron chi connectivity index (χ1n) is 10.6. The molecule has 0 bridgehead atoms. The van der Waals surface area contributed by atoms with Crippen molar-refractivity contribution in [3.05, 3.63) is 36.0 Å². The minimum absolute atomic E-state index is 0. The molecule has 2 fully saturated rings. The van der Waals surface area contributed by atoms with E-state index in [4.69, 9.17) is 0 Å². The lowest BCUT2D eigenvalue weighted by atomic mass is 10.2. The summed E-state index contributed by atoms with van der Waals surface area (Å²) in [7, 11) is -3.13. The molecule has 2 aliphatic rings. The Morgan fingerprint density at radius 3 is 2.34 bits per heavy atom. The standard InChI is InChI=1S/C21H28N6O3S.CH4/c1-3-31(29,30)27-12-10-26(11-13-27)18-8-6-17(7-9-18)24-21-22-14-19(15(2)28)20(25-21)23-16-4-5-16;/h6-9,14,16H,3-5,10-13H2,1-2H3,(H2,22,23,24,25);1H4. The monoisotopic (exact) mass is 460 g/mol. The van der Waals surface area contributed by atoms with Gasteiger partial charge in [0.1, 0.15) is 5.82 Å². The van der Waals surface area contributed by atoms with Gasteiger partial charge in [0.2, 0.25) is 16.0 Å². The largest absolute Gasteiger partial charge is 0.369 e. The number of piperazine rings is 1. The lowest BCUT2D eigenvalue weighted by Gasteiger charge is -2.35. The van der Waals surface area contributed by atoms with E-state index in [2.05, 4.69) is 25.5 Å². The molecule has 1 aliphatic carbocycles. The molecule has 10 heteroatoms. The summed E-state index contributed by atoms with van der Waals surface area (Å²) in [6.45, 7) is 5.53. The zero-order chi connectivity index (χ0) is 22.0. The number of ketones is 1. The molecule has 9 nitrogen and oxygen atoms in total. The SMILES string of the molecule is C.CCS(=O)(=O)N1CCN(c2ccc(Nc3ncc(C(C)=O)c(NC4CC4)n3)cc2)CC1. The number of carbonyl (C=O) groups is 1. The first-order chi connectivity index (χ1) is 14.9. The molecule has 2 aromatic rings. The predicted octanol–water partition coefficient (Wildman–Crippen LogP) is 3.10. The molecule has 0 radical (unpaired) electrons. The average Bonchev–Trinajstić information content (AvgIpc) is 3.58. The summed E-state index contributed by atoms with van der Waals surface area (Å²) in [6.07, 6.45) is 3.73. The predicted molar refractivity (Wildman–Crippen MR) is 128 cm³/mol. The number of rotatable bonds is 8. The van der Waals surface area contributed by atoms with Crippen molar-refractivity contribution in [2.75, 3.05) is 47.5 Å². The second kappa shape index (κ2) is 9.83. The Morgan fingerprint density at radius 1 is 1.12 bits per heavy atom. The van der Waals surface area contributed by atoms with Gasteiger partial charge < -0.3 is 15.5 Å². The fraction of sp³-hybridized carbons (Fsp3) is 0.500. The summed E-state index contributed by atoms with van der Waals surface area (Å²) >= 11 is 0. The molecule has 174 valence electrons. The van der Waals surface area contributed by atoms with Crippen molar-refractivity contribution in [2.45, 2.75) is 40.2 Å². The van der Waals surface area contributed by atoms with E-state index >= 15 is 0 Å². The molecule has 1 aromatic carbocycles. The van der Waals surface area contributed by atoms with Gasteiger partial charge >= 0.3 is 0 Å². The second-order valence-corrected chi connectivity index (χ2v) is 10.1. The van der Waals surface area contributed by atoms with E-state index in [-0.39, 0.29) is 19.0 Å². The summed E-state index contributed by atoms with van der Waals surface area (Å²) in [4.78, 5) is 22.8. The number of Topliss-reactive ketones (excluding diaryl/α,β-unsaturated/α-hetero) is 1. The lowest BCUT2D eigenvalue weighted by molar-refractivity contribution is 0.101. The van der Waals surface area contributed by atoms with Crippen LogP contribution in [0.2, 0.25) is 0 Å². The Morgan fingerprint density at radius 2 is 1.78 bits per heavy atom.